The molecule has 1 heterocycles. The summed E-state index contributed by atoms with van der Waals surface area (Å²) in [6.45, 7) is 0.337. The van der Waals surface area contributed by atoms with Crippen molar-refractivity contribution in [3.63, 3.8) is 0 Å². The van der Waals surface area contributed by atoms with Crippen LogP contribution in [0.2, 0.25) is 0 Å². The van der Waals surface area contributed by atoms with Crippen LogP contribution in [0.15, 0.2) is 0 Å². The van der Waals surface area contributed by atoms with Gasteiger partial charge < -0.3 is 30.9 Å². The van der Waals surface area contributed by atoms with E-state index in [1.165, 1.54) is 0 Å². The maximum absolute atomic E-state index is 9.53. The van der Waals surface area contributed by atoms with Crippen LogP contribution < -0.4 is 11.1 Å². The summed E-state index contributed by atoms with van der Waals surface area (Å²) in [4.78, 5) is 0. The zero-order valence-corrected chi connectivity index (χ0v) is 8.28. The minimum atomic E-state index is -1.34. The predicted octanol–water partition coefficient (Wildman–Crippen LogP) is -3.67. The van der Waals surface area contributed by atoms with E-state index in [1.807, 2.05) is 0 Å². The molecule has 0 spiro atoms. The van der Waals surface area contributed by atoms with E-state index in [-0.39, 0.29) is 0 Å². The summed E-state index contributed by atoms with van der Waals surface area (Å²) in [5, 5.41) is 40.0. The molecular formula is C8H18N2O5. The number of nitrogens with two attached hydrogens (primary N) is 1. The molecule has 1 aliphatic heterocycles. The lowest BCUT2D eigenvalue weighted by molar-refractivity contribution is -0.236. The Kier molecular flexibility index (Phi) is 4.87. The SMILES string of the molecule is NCCN[C@@H]1O[C@@H](CO)[C@@H](O)[C@@H](O)[C@H]1O. The summed E-state index contributed by atoms with van der Waals surface area (Å²) in [6.07, 6.45) is -5.61. The summed E-state index contributed by atoms with van der Waals surface area (Å²) in [5.41, 5.74) is 5.26. The fourth-order valence-corrected chi connectivity index (χ4v) is 1.50. The van der Waals surface area contributed by atoms with Gasteiger partial charge in [0.05, 0.1) is 6.61 Å². The van der Waals surface area contributed by atoms with Crippen molar-refractivity contribution in [1.82, 2.24) is 5.32 Å². The molecule has 5 atom stereocenters. The van der Waals surface area contributed by atoms with Crippen LogP contribution in [0.3, 0.4) is 0 Å². The molecule has 0 amide bonds. The smallest absolute Gasteiger partial charge is 0.137 e. The molecule has 1 aliphatic rings. The van der Waals surface area contributed by atoms with Gasteiger partial charge in [0.1, 0.15) is 30.6 Å². The van der Waals surface area contributed by atoms with E-state index in [1.54, 1.807) is 0 Å². The standard InChI is InChI=1S/C8H18N2O5/c9-1-2-10-8-7(14)6(13)5(12)4(3-11)15-8/h4-8,10-14H,1-3,9H2/t4-,5+,6+,7+,8+/m0/s1. The fraction of sp³-hybridized carbons (Fsp3) is 1.00. The van der Waals surface area contributed by atoms with Gasteiger partial charge in [-0.15, -0.1) is 0 Å². The minimum Gasteiger partial charge on any atom is -0.394 e. The van der Waals surface area contributed by atoms with E-state index in [2.05, 4.69) is 5.32 Å². The Morgan fingerprint density at radius 1 is 1.13 bits per heavy atom. The molecule has 7 nitrogen and oxygen atoms in total. The first-order chi connectivity index (χ1) is 7.11. The number of hydrogen-bond donors (Lipinski definition) is 6. The van der Waals surface area contributed by atoms with E-state index >= 15 is 0 Å². The van der Waals surface area contributed by atoms with Crippen LogP contribution >= 0.6 is 0 Å². The third-order valence-corrected chi connectivity index (χ3v) is 2.38. The molecule has 0 radical (unpaired) electrons. The molecule has 7 N–H and O–H groups in total. The number of nitrogens with one attached hydrogen (secondary N) is 1. The normalized spacial score (nSPS) is 41.8. The zero-order valence-electron chi connectivity index (χ0n) is 8.28. The summed E-state index contributed by atoms with van der Waals surface area (Å²) < 4.78 is 5.16. The Hall–Kier alpha value is -0.280. The molecule has 90 valence electrons. The lowest BCUT2D eigenvalue weighted by Gasteiger charge is -2.40. The zero-order chi connectivity index (χ0) is 11.4. The molecule has 0 aliphatic carbocycles. The number of hydrogen-bond acceptors (Lipinski definition) is 7. The Morgan fingerprint density at radius 3 is 2.33 bits per heavy atom. The first kappa shape index (κ1) is 12.8. The minimum absolute atomic E-state index is 0.356. The van der Waals surface area contributed by atoms with E-state index in [4.69, 9.17) is 15.6 Å². The first-order valence-electron chi connectivity index (χ1n) is 4.85. The second-order valence-electron chi connectivity index (χ2n) is 3.49. The third-order valence-electron chi connectivity index (χ3n) is 2.38. The van der Waals surface area contributed by atoms with Gasteiger partial charge in [0.2, 0.25) is 0 Å². The van der Waals surface area contributed by atoms with E-state index in [9.17, 15) is 15.3 Å². The van der Waals surface area contributed by atoms with Gasteiger partial charge in [0.25, 0.3) is 0 Å². The highest BCUT2D eigenvalue weighted by molar-refractivity contribution is 4.90. The van der Waals surface area contributed by atoms with Crippen LogP contribution in [-0.4, -0.2) is 70.8 Å². The number of rotatable bonds is 4. The van der Waals surface area contributed by atoms with E-state index in [0.29, 0.717) is 13.1 Å². The van der Waals surface area contributed by atoms with Crippen molar-refractivity contribution in [1.29, 1.82) is 0 Å². The molecule has 1 saturated heterocycles. The Labute approximate surface area is 87.5 Å². The molecule has 1 rings (SSSR count). The van der Waals surface area contributed by atoms with Crippen molar-refractivity contribution in [3.05, 3.63) is 0 Å². The molecule has 0 saturated carbocycles. The van der Waals surface area contributed by atoms with Crippen molar-refractivity contribution >= 4 is 0 Å². The summed E-state index contributed by atoms with van der Waals surface area (Å²) in [5.74, 6) is 0. The van der Waals surface area contributed by atoms with Crippen LogP contribution in [0, 0.1) is 0 Å². The number of aliphatic hydroxyl groups excluding tert-OH is 4. The fourth-order valence-electron chi connectivity index (χ4n) is 1.50. The first-order valence-corrected chi connectivity index (χ1v) is 4.85. The molecule has 1 fully saturated rings. The molecule has 0 unspecified atom stereocenters. The van der Waals surface area contributed by atoms with Crippen molar-refractivity contribution in [2.24, 2.45) is 5.73 Å². The molecule has 0 bridgehead atoms. The van der Waals surface area contributed by atoms with Crippen LogP contribution in [0.4, 0.5) is 0 Å². The molecule has 0 aromatic heterocycles. The second kappa shape index (κ2) is 5.71. The van der Waals surface area contributed by atoms with Gasteiger partial charge in [0, 0.05) is 13.1 Å². The third kappa shape index (κ3) is 2.85. The monoisotopic (exact) mass is 222 g/mol. The second-order valence-corrected chi connectivity index (χ2v) is 3.49. The average molecular weight is 222 g/mol. The van der Waals surface area contributed by atoms with Crippen molar-refractivity contribution in [2.45, 2.75) is 30.6 Å². The average Bonchev–Trinajstić information content (AvgIpc) is 2.25. The van der Waals surface area contributed by atoms with Gasteiger partial charge >= 0.3 is 0 Å². The van der Waals surface area contributed by atoms with Crippen molar-refractivity contribution < 1.29 is 25.2 Å². The van der Waals surface area contributed by atoms with Crippen LogP contribution in [0.1, 0.15) is 0 Å². The summed E-state index contributed by atoms with van der Waals surface area (Å²) >= 11 is 0. The highest BCUT2D eigenvalue weighted by atomic mass is 16.6. The van der Waals surface area contributed by atoms with Crippen LogP contribution in [0.5, 0.6) is 0 Å². The van der Waals surface area contributed by atoms with Crippen LogP contribution in [0.25, 0.3) is 0 Å². The Bertz CT molecular complexity index is 192. The quantitative estimate of drug-likeness (QED) is 0.289. The van der Waals surface area contributed by atoms with Crippen LogP contribution in [-0.2, 0) is 4.74 Å². The molecular weight excluding hydrogens is 204 g/mol. The van der Waals surface area contributed by atoms with Crippen molar-refractivity contribution in [3.8, 4) is 0 Å². The van der Waals surface area contributed by atoms with E-state index in [0.717, 1.165) is 0 Å². The molecule has 15 heavy (non-hydrogen) atoms. The lowest BCUT2D eigenvalue weighted by atomic mass is 9.98. The predicted molar refractivity (Wildman–Crippen MR) is 50.8 cm³/mol. The van der Waals surface area contributed by atoms with Gasteiger partial charge in [-0.2, -0.15) is 0 Å². The molecule has 7 heteroatoms. The number of ether oxygens (including phenoxy) is 1. The van der Waals surface area contributed by atoms with Gasteiger partial charge in [-0.05, 0) is 0 Å². The largest absolute Gasteiger partial charge is 0.394 e. The highest BCUT2D eigenvalue weighted by Crippen LogP contribution is 2.19. The summed E-state index contributed by atoms with van der Waals surface area (Å²) in [6, 6.07) is 0. The molecule has 0 aromatic carbocycles. The van der Waals surface area contributed by atoms with Gasteiger partial charge in [-0.1, -0.05) is 0 Å². The number of aliphatic hydroxyl groups is 4. The van der Waals surface area contributed by atoms with Gasteiger partial charge in [-0.3, -0.25) is 5.32 Å². The Balaban J connectivity index is 2.57. The maximum Gasteiger partial charge on any atom is 0.137 e. The lowest BCUT2D eigenvalue weighted by Crippen LogP contribution is -2.62. The van der Waals surface area contributed by atoms with E-state index < -0.39 is 37.3 Å². The maximum atomic E-state index is 9.53. The summed E-state index contributed by atoms with van der Waals surface area (Å²) in [7, 11) is 0. The Morgan fingerprint density at radius 2 is 1.80 bits per heavy atom. The van der Waals surface area contributed by atoms with Gasteiger partial charge in [-0.25, -0.2) is 0 Å². The van der Waals surface area contributed by atoms with Gasteiger partial charge in [0.15, 0.2) is 0 Å². The topological polar surface area (TPSA) is 128 Å². The molecule has 0 aromatic rings. The van der Waals surface area contributed by atoms with Crippen molar-refractivity contribution in [2.75, 3.05) is 19.7 Å². The highest BCUT2D eigenvalue weighted by Gasteiger charge is 2.42.